The summed E-state index contributed by atoms with van der Waals surface area (Å²) in [5, 5.41) is 19.9. The van der Waals surface area contributed by atoms with E-state index in [1.54, 1.807) is 11.3 Å². The second-order valence-corrected chi connectivity index (χ2v) is 6.40. The summed E-state index contributed by atoms with van der Waals surface area (Å²) in [5.41, 5.74) is 2.64. The lowest BCUT2D eigenvalue weighted by molar-refractivity contribution is -0.0217. The first-order valence-electron chi connectivity index (χ1n) is 7.13. The summed E-state index contributed by atoms with van der Waals surface area (Å²) in [7, 11) is 0. The normalized spacial score (nSPS) is 15.6. The molecule has 22 heavy (non-hydrogen) atoms. The Morgan fingerprint density at radius 2 is 1.91 bits per heavy atom. The third-order valence-electron chi connectivity index (χ3n) is 3.69. The van der Waals surface area contributed by atoms with E-state index < -0.39 is 12.4 Å². The maximum Gasteiger partial charge on any atom is 0.275 e. The third-order valence-corrected chi connectivity index (χ3v) is 4.78. The largest absolute Gasteiger partial charge is 0.454 e. The smallest absolute Gasteiger partial charge is 0.275 e. The van der Waals surface area contributed by atoms with Crippen LogP contribution in [0.3, 0.4) is 0 Å². The van der Waals surface area contributed by atoms with E-state index in [4.69, 9.17) is 9.47 Å². The first-order chi connectivity index (χ1) is 10.7. The van der Waals surface area contributed by atoms with Crippen molar-refractivity contribution in [2.75, 3.05) is 6.61 Å². The Bertz CT molecular complexity index is 669. The van der Waals surface area contributed by atoms with Crippen LogP contribution < -0.4 is 0 Å². The van der Waals surface area contributed by atoms with Gasteiger partial charge in [-0.2, -0.15) is 0 Å². The molecule has 0 spiro atoms. The molecule has 1 aliphatic heterocycles. The van der Waals surface area contributed by atoms with Crippen LogP contribution in [-0.2, 0) is 15.9 Å². The summed E-state index contributed by atoms with van der Waals surface area (Å²) >= 11 is 1.55. The molecule has 0 aliphatic carbocycles. The van der Waals surface area contributed by atoms with Crippen LogP contribution in [0.25, 0.3) is 0 Å². The molecule has 4 nitrogen and oxygen atoms in total. The molecule has 0 fully saturated rings. The molecule has 0 radical (unpaired) electrons. The van der Waals surface area contributed by atoms with E-state index in [2.05, 4.69) is 0 Å². The zero-order chi connectivity index (χ0) is 15.5. The van der Waals surface area contributed by atoms with Crippen molar-refractivity contribution in [3.8, 4) is 0 Å². The Morgan fingerprint density at radius 1 is 1.18 bits per heavy atom. The van der Waals surface area contributed by atoms with Crippen LogP contribution in [0.4, 0.5) is 0 Å². The highest BCUT2D eigenvalue weighted by Crippen LogP contribution is 2.37. The molecule has 0 bridgehead atoms. The van der Waals surface area contributed by atoms with Crippen molar-refractivity contribution in [2.24, 2.45) is 0 Å². The Hall–Kier alpha value is -1.82. The van der Waals surface area contributed by atoms with Crippen molar-refractivity contribution in [3.05, 3.63) is 69.3 Å². The molecule has 116 valence electrons. The lowest BCUT2D eigenvalue weighted by Gasteiger charge is -2.15. The van der Waals surface area contributed by atoms with Crippen molar-refractivity contribution >= 4 is 11.3 Å². The molecule has 0 amide bonds. The molecule has 0 saturated heterocycles. The Kier molecular flexibility index (Phi) is 4.47. The quantitative estimate of drug-likeness (QED) is 0.889. The molecular formula is C17H18O4S. The molecule has 1 aliphatic rings. The van der Waals surface area contributed by atoms with E-state index in [9.17, 15) is 10.2 Å². The lowest BCUT2D eigenvalue weighted by atomic mass is 9.95. The second-order valence-electron chi connectivity index (χ2n) is 5.11. The molecule has 1 aromatic heterocycles. The topological polar surface area (TPSA) is 58.9 Å². The van der Waals surface area contributed by atoms with Gasteiger partial charge in [0.1, 0.15) is 18.6 Å². The third kappa shape index (κ3) is 2.88. The van der Waals surface area contributed by atoms with E-state index in [-0.39, 0.29) is 6.61 Å². The second kappa shape index (κ2) is 6.52. The first-order valence-corrected chi connectivity index (χ1v) is 7.95. The van der Waals surface area contributed by atoms with Crippen LogP contribution in [0.1, 0.15) is 38.8 Å². The fourth-order valence-corrected chi connectivity index (χ4v) is 3.63. The van der Waals surface area contributed by atoms with E-state index >= 15 is 0 Å². The number of benzene rings is 1. The van der Waals surface area contributed by atoms with Gasteiger partial charge in [0.25, 0.3) is 6.29 Å². The number of hydrogen-bond donors (Lipinski definition) is 2. The zero-order valence-electron chi connectivity index (χ0n) is 12.2. The van der Waals surface area contributed by atoms with Gasteiger partial charge in [-0.3, -0.25) is 0 Å². The minimum atomic E-state index is -0.720. The van der Waals surface area contributed by atoms with Gasteiger partial charge < -0.3 is 19.7 Å². The van der Waals surface area contributed by atoms with Crippen molar-refractivity contribution in [1.29, 1.82) is 0 Å². The highest BCUT2D eigenvalue weighted by atomic mass is 32.1. The molecule has 2 N–H and O–H groups in total. The average molecular weight is 318 g/mol. The minimum absolute atomic E-state index is 0.0625. The van der Waals surface area contributed by atoms with E-state index in [1.807, 2.05) is 37.3 Å². The van der Waals surface area contributed by atoms with Crippen LogP contribution in [0.2, 0.25) is 0 Å². The van der Waals surface area contributed by atoms with Gasteiger partial charge in [-0.05, 0) is 36.1 Å². The number of rotatable bonds is 5. The highest BCUT2D eigenvalue weighted by molar-refractivity contribution is 7.12. The Labute approximate surface area is 133 Å². The van der Waals surface area contributed by atoms with Crippen molar-refractivity contribution < 1.29 is 19.7 Å². The van der Waals surface area contributed by atoms with Gasteiger partial charge in [-0.25, -0.2) is 0 Å². The first kappa shape index (κ1) is 15.1. The van der Waals surface area contributed by atoms with Gasteiger partial charge in [-0.1, -0.05) is 24.3 Å². The van der Waals surface area contributed by atoms with Gasteiger partial charge in [0, 0.05) is 11.5 Å². The molecule has 0 saturated carbocycles. The monoisotopic (exact) mass is 318 g/mol. The van der Waals surface area contributed by atoms with Crippen LogP contribution in [0.5, 0.6) is 0 Å². The van der Waals surface area contributed by atoms with Gasteiger partial charge in [0.05, 0.1) is 4.88 Å². The average Bonchev–Trinajstić information content (AvgIpc) is 3.17. The summed E-state index contributed by atoms with van der Waals surface area (Å²) < 4.78 is 10.7. The Morgan fingerprint density at radius 3 is 2.64 bits per heavy atom. The van der Waals surface area contributed by atoms with Crippen LogP contribution in [0.15, 0.2) is 42.9 Å². The predicted molar refractivity (Wildman–Crippen MR) is 84.4 cm³/mol. The van der Waals surface area contributed by atoms with Crippen LogP contribution in [-0.4, -0.2) is 16.8 Å². The molecule has 3 rings (SSSR count). The number of aliphatic hydroxyl groups excluding tert-OH is 2. The molecule has 1 atom stereocenters. The summed E-state index contributed by atoms with van der Waals surface area (Å²) in [6.07, 6.45) is 2.43. The Balaban J connectivity index is 1.90. The molecular weight excluding hydrogens is 300 g/mol. The summed E-state index contributed by atoms with van der Waals surface area (Å²) in [6, 6.07) is 9.58. The summed E-state index contributed by atoms with van der Waals surface area (Å²) in [5.74, 6) is 0. The lowest BCUT2D eigenvalue weighted by Crippen LogP contribution is -2.05. The summed E-state index contributed by atoms with van der Waals surface area (Å²) in [6.45, 7) is 2.04. The fourth-order valence-electron chi connectivity index (χ4n) is 2.60. The molecule has 5 heteroatoms. The predicted octanol–water partition coefficient (Wildman–Crippen LogP) is 3.19. The van der Waals surface area contributed by atoms with E-state index in [0.29, 0.717) is 6.42 Å². The number of thiophene rings is 1. The van der Waals surface area contributed by atoms with Crippen LogP contribution >= 0.6 is 11.3 Å². The van der Waals surface area contributed by atoms with Gasteiger partial charge in [0.2, 0.25) is 0 Å². The van der Waals surface area contributed by atoms with Gasteiger partial charge in [-0.15, -0.1) is 11.3 Å². The number of ether oxygens (including phenoxy) is 2. The minimum Gasteiger partial charge on any atom is -0.454 e. The molecule has 2 aromatic rings. The van der Waals surface area contributed by atoms with E-state index in [0.717, 1.165) is 26.4 Å². The fraction of sp³-hybridized carbons (Fsp3) is 0.294. The van der Waals surface area contributed by atoms with Gasteiger partial charge >= 0.3 is 0 Å². The van der Waals surface area contributed by atoms with Gasteiger partial charge in [0.15, 0.2) is 0 Å². The number of aryl methyl sites for hydroxylation is 1. The maximum absolute atomic E-state index is 10.8. The van der Waals surface area contributed by atoms with E-state index in [1.165, 1.54) is 12.5 Å². The maximum atomic E-state index is 10.8. The summed E-state index contributed by atoms with van der Waals surface area (Å²) in [4.78, 5) is 1.96. The molecule has 0 unspecified atom stereocenters. The standard InChI is InChI=1S/C17H18O4S/c1-11-14(10-15(22-11)17-20-8-9-21-17)16(19)13-5-3-2-4-12(13)6-7-18/h2-5,8-10,16-19H,6-7H2,1H3/t16-/m1/s1. The van der Waals surface area contributed by atoms with Crippen molar-refractivity contribution in [1.82, 2.24) is 0 Å². The van der Waals surface area contributed by atoms with Crippen LogP contribution in [0, 0.1) is 6.92 Å². The number of aliphatic hydroxyl groups is 2. The van der Waals surface area contributed by atoms with Crippen molar-refractivity contribution in [2.45, 2.75) is 25.7 Å². The van der Waals surface area contributed by atoms with Crippen molar-refractivity contribution in [3.63, 3.8) is 0 Å². The molecule has 2 heterocycles. The SMILES string of the molecule is Cc1sc(C2OC=CO2)cc1[C@H](O)c1ccccc1CCO. The highest BCUT2D eigenvalue weighted by Gasteiger charge is 2.24. The zero-order valence-corrected chi connectivity index (χ0v) is 13.0. The number of hydrogen-bond acceptors (Lipinski definition) is 5. The molecule has 1 aromatic carbocycles.